The average Bonchev–Trinajstić information content (AvgIpc) is 3.26. The summed E-state index contributed by atoms with van der Waals surface area (Å²) in [6, 6.07) is 10.6. The summed E-state index contributed by atoms with van der Waals surface area (Å²) in [7, 11) is 3.88. The van der Waals surface area contributed by atoms with Crippen molar-refractivity contribution < 1.29 is 0 Å². The van der Waals surface area contributed by atoms with Gasteiger partial charge in [-0.2, -0.15) is 10.4 Å². The molecule has 4 heterocycles. The maximum absolute atomic E-state index is 12.7. The number of nitriles is 1. The predicted octanol–water partition coefficient (Wildman–Crippen LogP) is 2.94. The molecule has 0 spiro atoms. The number of benzene rings is 1. The van der Waals surface area contributed by atoms with Crippen LogP contribution in [-0.4, -0.2) is 50.0 Å². The number of aromatic nitrogens is 5. The van der Waals surface area contributed by atoms with Crippen molar-refractivity contribution in [2.75, 3.05) is 23.4 Å². The van der Waals surface area contributed by atoms with E-state index in [2.05, 4.69) is 64.0 Å². The lowest BCUT2D eigenvalue weighted by molar-refractivity contribution is 0.328. The van der Waals surface area contributed by atoms with Crippen LogP contribution >= 0.6 is 0 Å². The summed E-state index contributed by atoms with van der Waals surface area (Å²) in [6.07, 6.45) is 6.15. The molecule has 1 unspecified atom stereocenters. The van der Waals surface area contributed by atoms with Crippen LogP contribution in [0.3, 0.4) is 0 Å². The molecule has 1 saturated heterocycles. The number of fused-ring (bicyclic) bond motifs is 2. The first-order valence-electron chi connectivity index (χ1n) is 11.5. The number of rotatable bonds is 4. The fourth-order valence-electron chi connectivity index (χ4n) is 5.17. The lowest BCUT2D eigenvalue weighted by Gasteiger charge is -2.46. The van der Waals surface area contributed by atoms with E-state index in [0.717, 1.165) is 46.4 Å². The van der Waals surface area contributed by atoms with Gasteiger partial charge in [-0.05, 0) is 37.5 Å². The maximum Gasteiger partial charge on any atom is 0.252 e. The summed E-state index contributed by atoms with van der Waals surface area (Å²) in [5.41, 5.74) is 5.18. The summed E-state index contributed by atoms with van der Waals surface area (Å²) < 4.78 is 3.20. The Hall–Kier alpha value is -3.93. The van der Waals surface area contributed by atoms with Gasteiger partial charge in [0, 0.05) is 56.9 Å². The monoisotopic (exact) mass is 456 g/mol. The minimum atomic E-state index is -0.0737. The first kappa shape index (κ1) is 21.9. The molecule has 1 aliphatic rings. The third kappa shape index (κ3) is 3.65. The highest BCUT2D eigenvalue weighted by Gasteiger charge is 2.35. The molecule has 0 radical (unpaired) electrons. The molecule has 0 amide bonds. The predicted molar refractivity (Wildman–Crippen MR) is 133 cm³/mol. The van der Waals surface area contributed by atoms with Gasteiger partial charge in [0.15, 0.2) is 0 Å². The Kier molecular flexibility index (Phi) is 5.44. The lowest BCUT2D eigenvalue weighted by atomic mass is 9.87. The van der Waals surface area contributed by atoms with Crippen LogP contribution in [0.2, 0.25) is 0 Å². The highest BCUT2D eigenvalue weighted by molar-refractivity contribution is 5.88. The smallest absolute Gasteiger partial charge is 0.252 e. The van der Waals surface area contributed by atoms with Crippen LogP contribution in [0.4, 0.5) is 11.4 Å². The molecule has 174 valence electrons. The topological polar surface area (TPSA) is 95.9 Å². The standard InChI is InChI=1S/C25H28N8O/c1-16-14-33(22-13-24(34)31(4)23-15-32(10-7-26)29-25(22)23)17(2)11-21(16)30(3)18-5-6-19-20(12-18)28-9-8-27-19/h5-6,8-9,12-13,15-17,21H,10-11,14H2,1-4H3/t16-,17+,21?/m1/s1. The minimum Gasteiger partial charge on any atom is -0.371 e. The molecule has 1 aliphatic heterocycles. The lowest BCUT2D eigenvalue weighted by Crippen LogP contribution is -2.53. The van der Waals surface area contributed by atoms with E-state index in [9.17, 15) is 4.79 Å². The van der Waals surface area contributed by atoms with Gasteiger partial charge in [-0.3, -0.25) is 19.4 Å². The maximum atomic E-state index is 12.7. The summed E-state index contributed by atoms with van der Waals surface area (Å²) >= 11 is 0. The zero-order valence-corrected chi connectivity index (χ0v) is 19.9. The van der Waals surface area contributed by atoms with Crippen LogP contribution in [0.5, 0.6) is 0 Å². The van der Waals surface area contributed by atoms with Crippen molar-refractivity contribution >= 4 is 33.4 Å². The van der Waals surface area contributed by atoms with Crippen LogP contribution in [-0.2, 0) is 13.6 Å². The van der Waals surface area contributed by atoms with E-state index >= 15 is 0 Å². The molecule has 0 saturated carbocycles. The van der Waals surface area contributed by atoms with Crippen molar-refractivity contribution in [2.45, 2.75) is 38.9 Å². The number of pyridine rings is 1. The first-order chi connectivity index (χ1) is 16.4. The molecule has 1 fully saturated rings. The molecule has 9 heteroatoms. The van der Waals surface area contributed by atoms with Crippen LogP contribution in [0, 0.1) is 17.2 Å². The van der Waals surface area contributed by atoms with Gasteiger partial charge >= 0.3 is 0 Å². The Bertz CT molecular complexity index is 1470. The van der Waals surface area contributed by atoms with Gasteiger partial charge in [0.1, 0.15) is 12.1 Å². The van der Waals surface area contributed by atoms with E-state index in [1.165, 1.54) is 0 Å². The van der Waals surface area contributed by atoms with Crippen molar-refractivity contribution in [1.29, 1.82) is 5.26 Å². The van der Waals surface area contributed by atoms with Crippen LogP contribution in [0.1, 0.15) is 20.3 Å². The second kappa shape index (κ2) is 8.45. The van der Waals surface area contributed by atoms with Gasteiger partial charge in [0.05, 0.1) is 34.5 Å². The molecular weight excluding hydrogens is 428 g/mol. The van der Waals surface area contributed by atoms with Crippen LogP contribution in [0.15, 0.2) is 47.7 Å². The Morgan fingerprint density at radius 3 is 2.71 bits per heavy atom. The highest BCUT2D eigenvalue weighted by Crippen LogP contribution is 2.34. The molecule has 0 aliphatic carbocycles. The molecule has 1 aromatic carbocycles. The Balaban J connectivity index is 1.45. The summed E-state index contributed by atoms with van der Waals surface area (Å²) in [5.74, 6) is 0.346. The van der Waals surface area contributed by atoms with Crippen LogP contribution < -0.4 is 15.4 Å². The normalized spacial score (nSPS) is 20.6. The second-order valence-electron chi connectivity index (χ2n) is 9.27. The van der Waals surface area contributed by atoms with E-state index in [-0.39, 0.29) is 18.1 Å². The molecule has 5 rings (SSSR count). The zero-order chi connectivity index (χ0) is 24.0. The van der Waals surface area contributed by atoms with Crippen molar-refractivity contribution in [3.63, 3.8) is 0 Å². The van der Waals surface area contributed by atoms with Crippen molar-refractivity contribution in [2.24, 2.45) is 13.0 Å². The van der Waals surface area contributed by atoms with Crippen molar-refractivity contribution in [1.82, 2.24) is 24.3 Å². The molecule has 0 N–H and O–H groups in total. The first-order valence-corrected chi connectivity index (χ1v) is 11.5. The van der Waals surface area contributed by atoms with Crippen molar-refractivity contribution in [3.05, 3.63) is 53.2 Å². The molecule has 4 aromatic rings. The quantitative estimate of drug-likeness (QED) is 0.466. The Labute approximate surface area is 197 Å². The van der Waals surface area contributed by atoms with Gasteiger partial charge in [-0.15, -0.1) is 0 Å². The number of hydrogen-bond acceptors (Lipinski definition) is 7. The number of nitrogens with zero attached hydrogens (tertiary/aromatic N) is 8. The molecule has 34 heavy (non-hydrogen) atoms. The van der Waals surface area contributed by atoms with Gasteiger partial charge < -0.3 is 14.4 Å². The Morgan fingerprint density at radius 1 is 1.18 bits per heavy atom. The molecule has 3 aromatic heterocycles. The van der Waals surface area contributed by atoms with E-state index in [1.807, 2.05) is 6.07 Å². The fourth-order valence-corrected chi connectivity index (χ4v) is 5.17. The molecule has 3 atom stereocenters. The summed E-state index contributed by atoms with van der Waals surface area (Å²) in [5, 5.41) is 13.7. The third-order valence-corrected chi connectivity index (χ3v) is 7.09. The number of aryl methyl sites for hydroxylation is 1. The van der Waals surface area contributed by atoms with E-state index in [4.69, 9.17) is 5.26 Å². The summed E-state index contributed by atoms with van der Waals surface area (Å²) in [4.78, 5) is 26.2. The average molecular weight is 457 g/mol. The molecular formula is C25H28N8O. The van der Waals surface area contributed by atoms with Gasteiger partial charge in [-0.1, -0.05) is 6.92 Å². The molecule has 9 nitrogen and oxygen atoms in total. The largest absolute Gasteiger partial charge is 0.371 e. The minimum absolute atomic E-state index is 0.0737. The SMILES string of the molecule is C[C@@H]1CN(c2cc(=O)n(C)c3cn(CC#N)nc23)[C@@H](C)CC1N(C)c1ccc2nccnc2c1. The van der Waals surface area contributed by atoms with Gasteiger partial charge in [-0.25, -0.2) is 0 Å². The van der Waals surface area contributed by atoms with Gasteiger partial charge in [0.25, 0.3) is 5.56 Å². The number of hydrogen-bond donors (Lipinski definition) is 0. The van der Waals surface area contributed by atoms with Gasteiger partial charge in [0.2, 0.25) is 0 Å². The van der Waals surface area contributed by atoms with E-state index < -0.39 is 0 Å². The molecule has 0 bridgehead atoms. The highest BCUT2D eigenvalue weighted by atomic mass is 16.1. The number of piperidine rings is 1. The second-order valence-corrected chi connectivity index (χ2v) is 9.27. The Morgan fingerprint density at radius 2 is 1.94 bits per heavy atom. The van der Waals surface area contributed by atoms with E-state index in [0.29, 0.717) is 12.0 Å². The van der Waals surface area contributed by atoms with E-state index in [1.54, 1.807) is 41.0 Å². The zero-order valence-electron chi connectivity index (χ0n) is 19.9. The van der Waals surface area contributed by atoms with Crippen molar-refractivity contribution in [3.8, 4) is 6.07 Å². The van der Waals surface area contributed by atoms with Crippen LogP contribution in [0.25, 0.3) is 22.1 Å². The third-order valence-electron chi connectivity index (χ3n) is 7.09. The summed E-state index contributed by atoms with van der Waals surface area (Å²) in [6.45, 7) is 5.41. The fraction of sp³-hybridized carbons (Fsp3) is 0.400. The number of anilines is 2.